The van der Waals surface area contributed by atoms with Crippen LogP contribution in [0.4, 0.5) is 0 Å². The number of rotatable bonds is 1. The molecular weight excluding hydrogens is 190 g/mol. The van der Waals surface area contributed by atoms with Gasteiger partial charge in [-0.15, -0.1) is 11.6 Å². The predicted molar refractivity (Wildman–Crippen MR) is 52.8 cm³/mol. The van der Waals surface area contributed by atoms with E-state index in [1.807, 2.05) is 0 Å². The van der Waals surface area contributed by atoms with Crippen molar-refractivity contribution >= 4 is 11.6 Å². The van der Waals surface area contributed by atoms with Gasteiger partial charge in [0.05, 0.1) is 11.4 Å². The number of halogens is 1. The normalized spacial score (nSPS) is 34.8. The van der Waals surface area contributed by atoms with Crippen LogP contribution in [-0.4, -0.2) is 22.6 Å². The summed E-state index contributed by atoms with van der Waals surface area (Å²) >= 11 is 6.07. The minimum absolute atomic E-state index is 0.0490. The standard InChI is InChI=1S/C8H14ClN3O/c1-4-2-5(11)6(12)8(9,3-10)7(4)13/h2,7,13H,3,10-12H2,1H3. The van der Waals surface area contributed by atoms with Crippen molar-refractivity contribution in [2.24, 2.45) is 17.2 Å². The van der Waals surface area contributed by atoms with Gasteiger partial charge >= 0.3 is 0 Å². The Morgan fingerprint density at radius 3 is 2.62 bits per heavy atom. The highest BCUT2D eigenvalue weighted by Crippen LogP contribution is 2.33. The molecular formula is C8H14ClN3O. The zero-order chi connectivity index (χ0) is 10.2. The molecule has 74 valence electrons. The van der Waals surface area contributed by atoms with Crippen LogP contribution >= 0.6 is 11.6 Å². The molecule has 0 aromatic carbocycles. The number of nitrogens with two attached hydrogens (primary N) is 3. The van der Waals surface area contributed by atoms with Crippen LogP contribution in [0.2, 0.25) is 0 Å². The second kappa shape index (κ2) is 3.21. The highest BCUT2D eigenvalue weighted by Gasteiger charge is 2.41. The third kappa shape index (κ3) is 1.41. The summed E-state index contributed by atoms with van der Waals surface area (Å²) in [6.07, 6.45) is 0.738. The molecule has 5 heteroatoms. The van der Waals surface area contributed by atoms with E-state index in [4.69, 9.17) is 28.8 Å². The van der Waals surface area contributed by atoms with Crippen LogP contribution in [0, 0.1) is 0 Å². The topological polar surface area (TPSA) is 98.3 Å². The summed E-state index contributed by atoms with van der Waals surface area (Å²) in [5.41, 5.74) is 18.0. The van der Waals surface area contributed by atoms with Gasteiger partial charge in [0.25, 0.3) is 0 Å². The molecule has 0 aromatic heterocycles. The Bertz CT molecular complexity index is 287. The number of allylic oxidation sites excluding steroid dienone is 1. The molecule has 4 nitrogen and oxygen atoms in total. The minimum atomic E-state index is -1.15. The molecule has 0 amide bonds. The monoisotopic (exact) mass is 203 g/mol. The molecule has 0 aromatic rings. The summed E-state index contributed by atoms with van der Waals surface area (Å²) in [7, 11) is 0. The van der Waals surface area contributed by atoms with Crippen LogP contribution in [0.1, 0.15) is 6.92 Å². The van der Waals surface area contributed by atoms with Gasteiger partial charge in [-0.1, -0.05) is 0 Å². The van der Waals surface area contributed by atoms with E-state index in [1.165, 1.54) is 0 Å². The third-order valence-electron chi connectivity index (χ3n) is 2.30. The van der Waals surface area contributed by atoms with Gasteiger partial charge in [0.1, 0.15) is 11.0 Å². The van der Waals surface area contributed by atoms with E-state index in [0.29, 0.717) is 11.3 Å². The van der Waals surface area contributed by atoms with E-state index >= 15 is 0 Å². The fourth-order valence-corrected chi connectivity index (χ4v) is 1.65. The van der Waals surface area contributed by atoms with Crippen LogP contribution in [0.15, 0.2) is 23.0 Å². The van der Waals surface area contributed by atoms with Crippen molar-refractivity contribution in [2.75, 3.05) is 6.54 Å². The van der Waals surface area contributed by atoms with E-state index < -0.39 is 11.0 Å². The fourth-order valence-electron chi connectivity index (χ4n) is 1.37. The van der Waals surface area contributed by atoms with Crippen molar-refractivity contribution in [1.29, 1.82) is 0 Å². The van der Waals surface area contributed by atoms with E-state index in [2.05, 4.69) is 0 Å². The molecule has 1 aliphatic rings. The van der Waals surface area contributed by atoms with Crippen LogP contribution in [0.3, 0.4) is 0 Å². The first-order valence-electron chi connectivity index (χ1n) is 3.94. The molecule has 0 saturated heterocycles. The van der Waals surface area contributed by atoms with Gasteiger partial charge in [-0.3, -0.25) is 0 Å². The van der Waals surface area contributed by atoms with Crippen LogP contribution in [-0.2, 0) is 0 Å². The van der Waals surface area contributed by atoms with Gasteiger partial charge in [0.15, 0.2) is 0 Å². The molecule has 1 aliphatic carbocycles. The lowest BCUT2D eigenvalue weighted by Crippen LogP contribution is -2.51. The third-order valence-corrected chi connectivity index (χ3v) is 2.87. The maximum Gasteiger partial charge on any atom is 0.127 e. The quantitative estimate of drug-likeness (QED) is 0.427. The number of alkyl halides is 1. The van der Waals surface area contributed by atoms with E-state index in [9.17, 15) is 5.11 Å². The van der Waals surface area contributed by atoms with Gasteiger partial charge < -0.3 is 22.3 Å². The number of hydrogen-bond donors (Lipinski definition) is 4. The second-order valence-electron chi connectivity index (χ2n) is 3.23. The van der Waals surface area contributed by atoms with Crippen molar-refractivity contribution in [1.82, 2.24) is 0 Å². The Morgan fingerprint density at radius 2 is 2.15 bits per heavy atom. The van der Waals surface area contributed by atoms with Crippen molar-refractivity contribution in [2.45, 2.75) is 17.9 Å². The second-order valence-corrected chi connectivity index (χ2v) is 3.90. The van der Waals surface area contributed by atoms with Crippen LogP contribution in [0.5, 0.6) is 0 Å². The minimum Gasteiger partial charge on any atom is -0.399 e. The van der Waals surface area contributed by atoms with Gasteiger partial charge in [-0.2, -0.15) is 0 Å². The zero-order valence-electron chi connectivity index (χ0n) is 7.42. The van der Waals surface area contributed by atoms with Crippen molar-refractivity contribution in [3.63, 3.8) is 0 Å². The summed E-state index contributed by atoms with van der Waals surface area (Å²) in [6, 6.07) is 0. The molecule has 13 heavy (non-hydrogen) atoms. The maximum atomic E-state index is 9.73. The maximum absolute atomic E-state index is 9.73. The van der Waals surface area contributed by atoms with E-state index in [0.717, 1.165) is 0 Å². The van der Waals surface area contributed by atoms with Crippen molar-refractivity contribution in [3.8, 4) is 0 Å². The number of hydrogen-bond acceptors (Lipinski definition) is 4. The van der Waals surface area contributed by atoms with Gasteiger partial charge in [-0.25, -0.2) is 0 Å². The Hall–Kier alpha value is -0.710. The highest BCUT2D eigenvalue weighted by atomic mass is 35.5. The largest absolute Gasteiger partial charge is 0.399 e. The predicted octanol–water partition coefficient (Wildman–Crippen LogP) is -0.627. The summed E-state index contributed by atoms with van der Waals surface area (Å²) in [4.78, 5) is -1.15. The molecule has 0 saturated carbocycles. The molecule has 0 bridgehead atoms. The lowest BCUT2D eigenvalue weighted by molar-refractivity contribution is 0.172. The molecule has 0 radical (unpaired) electrons. The first-order valence-corrected chi connectivity index (χ1v) is 4.32. The van der Waals surface area contributed by atoms with Crippen LogP contribution < -0.4 is 17.2 Å². The summed E-state index contributed by atoms with van der Waals surface area (Å²) in [5.74, 6) is 0. The smallest absolute Gasteiger partial charge is 0.127 e. The lowest BCUT2D eigenvalue weighted by Gasteiger charge is -2.35. The van der Waals surface area contributed by atoms with Gasteiger partial charge in [0, 0.05) is 6.54 Å². The Kier molecular flexibility index (Phi) is 2.56. The Balaban J connectivity index is 3.20. The highest BCUT2D eigenvalue weighted by molar-refractivity contribution is 6.27. The summed E-state index contributed by atoms with van der Waals surface area (Å²) in [6.45, 7) is 1.78. The average molecular weight is 204 g/mol. The first kappa shape index (κ1) is 10.4. The molecule has 2 atom stereocenters. The number of aliphatic hydroxyl groups excluding tert-OH is 1. The molecule has 1 rings (SSSR count). The van der Waals surface area contributed by atoms with E-state index in [1.54, 1.807) is 13.0 Å². The Labute approximate surface area is 82.0 Å². The van der Waals surface area contributed by atoms with Gasteiger partial charge in [0.2, 0.25) is 0 Å². The Morgan fingerprint density at radius 1 is 1.62 bits per heavy atom. The molecule has 0 spiro atoms. The molecule has 0 heterocycles. The first-order chi connectivity index (χ1) is 5.93. The van der Waals surface area contributed by atoms with Gasteiger partial charge in [-0.05, 0) is 18.6 Å². The summed E-state index contributed by atoms with van der Waals surface area (Å²) < 4.78 is 0. The summed E-state index contributed by atoms with van der Waals surface area (Å²) in [5, 5.41) is 9.73. The number of aliphatic hydroxyl groups is 1. The molecule has 2 unspecified atom stereocenters. The molecule has 0 aliphatic heterocycles. The van der Waals surface area contributed by atoms with Crippen molar-refractivity contribution in [3.05, 3.63) is 23.0 Å². The fraction of sp³-hybridized carbons (Fsp3) is 0.500. The average Bonchev–Trinajstić information content (AvgIpc) is 2.12. The molecule has 7 N–H and O–H groups in total. The SMILES string of the molecule is CC1=CC(N)=C(N)C(Cl)(CN)C1O. The molecule has 0 fully saturated rings. The zero-order valence-corrected chi connectivity index (χ0v) is 8.17. The lowest BCUT2D eigenvalue weighted by atomic mass is 9.87. The van der Waals surface area contributed by atoms with E-state index in [-0.39, 0.29) is 12.2 Å². The van der Waals surface area contributed by atoms with Crippen LogP contribution in [0.25, 0.3) is 0 Å². The van der Waals surface area contributed by atoms with Crippen molar-refractivity contribution < 1.29 is 5.11 Å².